The van der Waals surface area contributed by atoms with Gasteiger partial charge < -0.3 is 4.74 Å². The van der Waals surface area contributed by atoms with Crippen LogP contribution in [0.15, 0.2) is 24.3 Å². The summed E-state index contributed by atoms with van der Waals surface area (Å²) in [5.74, 6) is -0.415. The van der Waals surface area contributed by atoms with Crippen molar-refractivity contribution in [1.29, 1.82) is 0 Å². The van der Waals surface area contributed by atoms with Gasteiger partial charge in [-0.3, -0.25) is 0 Å². The number of unbranched alkanes of at least 4 members (excludes halogenated alkanes) is 1. The van der Waals surface area contributed by atoms with Crippen LogP contribution in [0.2, 0.25) is 0 Å². The summed E-state index contributed by atoms with van der Waals surface area (Å²) in [5.41, 5.74) is 0.947. The van der Waals surface area contributed by atoms with Gasteiger partial charge >= 0.3 is 12.1 Å². The van der Waals surface area contributed by atoms with Crippen molar-refractivity contribution in [3.63, 3.8) is 0 Å². The number of fused-ring (bicyclic) bond motifs is 1. The molecule has 0 aliphatic carbocycles. The zero-order valence-corrected chi connectivity index (χ0v) is 15.3. The second-order valence-electron chi connectivity index (χ2n) is 5.79. The van der Waals surface area contributed by atoms with Gasteiger partial charge in [-0.05, 0) is 61.4 Å². The number of alkyl halides is 3. The predicted octanol–water partition coefficient (Wildman–Crippen LogP) is 6.37. The molecule has 0 spiro atoms. The summed E-state index contributed by atoms with van der Waals surface area (Å²) in [6.07, 6.45) is -0.347. The Morgan fingerprint density at radius 2 is 2.00 bits per heavy atom. The largest absolute Gasteiger partial charge is 0.463 e. The highest BCUT2D eigenvalue weighted by atomic mass is 32.1. The van der Waals surface area contributed by atoms with E-state index < -0.39 is 17.7 Å². The molecule has 0 aliphatic rings. The maximum absolute atomic E-state index is 13.0. The average molecular weight is 370 g/mol. The van der Waals surface area contributed by atoms with E-state index in [0.29, 0.717) is 11.8 Å². The Kier molecular flexibility index (Phi) is 6.27. The van der Waals surface area contributed by atoms with Gasteiger partial charge in [0.05, 0.1) is 12.2 Å². The fourth-order valence-corrected chi connectivity index (χ4v) is 3.88. The Bertz CT molecular complexity index is 788. The molecule has 0 bridgehead atoms. The number of hydrogen-bond acceptors (Lipinski definition) is 3. The molecule has 0 N–H and O–H groups in total. The first-order chi connectivity index (χ1) is 11.8. The maximum Gasteiger partial charge on any atom is 0.416 e. The number of thiophene rings is 1. The summed E-state index contributed by atoms with van der Waals surface area (Å²) in [5, 5.41) is 0.584. The summed E-state index contributed by atoms with van der Waals surface area (Å²) in [4.78, 5) is 12.7. The van der Waals surface area contributed by atoms with Crippen molar-refractivity contribution in [3.05, 3.63) is 40.3 Å². The average Bonchev–Trinajstić information content (AvgIpc) is 2.87. The van der Waals surface area contributed by atoms with Crippen LogP contribution >= 0.6 is 11.3 Å². The van der Waals surface area contributed by atoms with Crippen LogP contribution in [0.5, 0.6) is 0 Å². The molecule has 0 atom stereocenters. The molecule has 25 heavy (non-hydrogen) atoms. The highest BCUT2D eigenvalue weighted by molar-refractivity contribution is 7.20. The fourth-order valence-electron chi connectivity index (χ4n) is 2.65. The Morgan fingerprint density at radius 1 is 1.28 bits per heavy atom. The van der Waals surface area contributed by atoms with Crippen LogP contribution in [0.1, 0.15) is 49.1 Å². The topological polar surface area (TPSA) is 26.3 Å². The Labute approximate surface area is 149 Å². The number of halogens is 3. The normalized spacial score (nSPS) is 12.6. The highest BCUT2D eigenvalue weighted by Crippen LogP contribution is 2.40. The van der Waals surface area contributed by atoms with Crippen molar-refractivity contribution in [2.45, 2.75) is 46.2 Å². The van der Waals surface area contributed by atoms with Gasteiger partial charge in [-0.15, -0.1) is 11.3 Å². The first-order valence-corrected chi connectivity index (χ1v) is 9.07. The number of aryl methyl sites for hydroxylation is 1. The lowest BCUT2D eigenvalue weighted by Crippen LogP contribution is -2.04. The third kappa shape index (κ3) is 4.63. The van der Waals surface area contributed by atoms with Crippen LogP contribution in [0.4, 0.5) is 13.2 Å². The summed E-state index contributed by atoms with van der Waals surface area (Å²) in [7, 11) is 0. The van der Waals surface area contributed by atoms with Crippen LogP contribution in [-0.2, 0) is 15.7 Å². The third-order valence-corrected chi connectivity index (χ3v) is 5.28. The summed E-state index contributed by atoms with van der Waals surface area (Å²) in [6, 6.07) is 3.79. The van der Waals surface area contributed by atoms with Gasteiger partial charge in [-0.1, -0.05) is 13.3 Å². The number of allylic oxidation sites excluding steroid dienone is 1. The summed E-state index contributed by atoms with van der Waals surface area (Å²) in [6.45, 7) is 5.88. The van der Waals surface area contributed by atoms with Gasteiger partial charge in [0.1, 0.15) is 0 Å². The number of benzene rings is 1. The van der Waals surface area contributed by atoms with Gasteiger partial charge in [0, 0.05) is 15.7 Å². The second-order valence-corrected chi connectivity index (χ2v) is 6.84. The van der Waals surface area contributed by atoms with Crippen molar-refractivity contribution in [3.8, 4) is 0 Å². The summed E-state index contributed by atoms with van der Waals surface area (Å²) < 4.78 is 44.7. The molecule has 1 aromatic heterocycles. The van der Waals surface area contributed by atoms with Crippen LogP contribution in [0, 0.1) is 6.92 Å². The molecule has 0 amide bonds. The molecule has 1 aromatic carbocycles. The molecule has 0 aliphatic heterocycles. The highest BCUT2D eigenvalue weighted by Gasteiger charge is 2.31. The van der Waals surface area contributed by atoms with Gasteiger partial charge in [0.15, 0.2) is 0 Å². The number of carbonyl (C=O) groups excluding carboxylic acids is 1. The molecule has 0 radical (unpaired) electrons. The predicted molar refractivity (Wildman–Crippen MR) is 95.7 cm³/mol. The van der Waals surface area contributed by atoms with E-state index in [1.54, 1.807) is 13.8 Å². The van der Waals surface area contributed by atoms with Crippen LogP contribution < -0.4 is 0 Å². The van der Waals surface area contributed by atoms with Crippen LogP contribution in [0.3, 0.4) is 0 Å². The van der Waals surface area contributed by atoms with Crippen molar-refractivity contribution < 1.29 is 22.7 Å². The van der Waals surface area contributed by atoms with E-state index >= 15 is 0 Å². The van der Waals surface area contributed by atoms with E-state index in [-0.39, 0.29) is 6.61 Å². The lowest BCUT2D eigenvalue weighted by Gasteiger charge is -2.07. The van der Waals surface area contributed by atoms with Gasteiger partial charge in [-0.2, -0.15) is 13.2 Å². The Morgan fingerprint density at radius 3 is 2.60 bits per heavy atom. The molecule has 1 heterocycles. The number of esters is 1. The molecule has 0 saturated heterocycles. The standard InChI is InChI=1S/C19H21F3O2S/c1-4-6-7-13(10-17(23)24-5-2)18-12(3)15-11-14(19(20,21)22)8-9-16(15)25-18/h8-11H,4-7H2,1-3H3/b13-10+. The van der Waals surface area contributed by atoms with Gasteiger partial charge in [-0.25, -0.2) is 4.79 Å². The molecule has 136 valence electrons. The lowest BCUT2D eigenvalue weighted by atomic mass is 10.0. The first-order valence-electron chi connectivity index (χ1n) is 8.26. The smallest absolute Gasteiger partial charge is 0.416 e. The molecule has 6 heteroatoms. The minimum Gasteiger partial charge on any atom is -0.463 e. The van der Waals surface area contributed by atoms with E-state index in [2.05, 4.69) is 6.92 Å². The quantitative estimate of drug-likeness (QED) is 0.436. The number of hydrogen-bond donors (Lipinski definition) is 0. The van der Waals surface area contributed by atoms with E-state index in [1.165, 1.54) is 29.5 Å². The molecular formula is C19H21F3O2S. The van der Waals surface area contributed by atoms with Crippen molar-refractivity contribution >= 4 is 33.0 Å². The van der Waals surface area contributed by atoms with Crippen LogP contribution in [0.25, 0.3) is 15.7 Å². The monoisotopic (exact) mass is 370 g/mol. The molecule has 2 aromatic rings. The minimum atomic E-state index is -4.37. The Hall–Kier alpha value is -1.82. The first kappa shape index (κ1) is 19.5. The minimum absolute atomic E-state index is 0.288. The van der Waals surface area contributed by atoms with Crippen LogP contribution in [-0.4, -0.2) is 12.6 Å². The number of rotatable bonds is 6. The zero-order valence-electron chi connectivity index (χ0n) is 14.5. The van der Waals surface area contributed by atoms with Crippen molar-refractivity contribution in [2.24, 2.45) is 0 Å². The SMILES string of the molecule is CCCC/C(=C\C(=O)OCC)c1sc2ccc(C(F)(F)F)cc2c1C. The van der Waals surface area contributed by atoms with E-state index in [1.807, 2.05) is 0 Å². The molecule has 2 rings (SSSR count). The second kappa shape index (κ2) is 8.04. The van der Waals surface area contributed by atoms with Gasteiger partial charge in [0.25, 0.3) is 0 Å². The zero-order chi connectivity index (χ0) is 18.6. The van der Waals surface area contributed by atoms with E-state index in [0.717, 1.165) is 39.6 Å². The van der Waals surface area contributed by atoms with Crippen molar-refractivity contribution in [1.82, 2.24) is 0 Å². The maximum atomic E-state index is 13.0. The van der Waals surface area contributed by atoms with Gasteiger partial charge in [0.2, 0.25) is 0 Å². The molecular weight excluding hydrogens is 349 g/mol. The molecule has 0 fully saturated rings. The number of ether oxygens (including phenoxy) is 1. The summed E-state index contributed by atoms with van der Waals surface area (Å²) >= 11 is 1.42. The Balaban J connectivity index is 2.52. The fraction of sp³-hybridized carbons (Fsp3) is 0.421. The third-order valence-electron chi connectivity index (χ3n) is 3.93. The number of carbonyl (C=O) groups is 1. The molecule has 0 saturated carbocycles. The molecule has 2 nitrogen and oxygen atoms in total. The van der Waals surface area contributed by atoms with E-state index in [4.69, 9.17) is 4.74 Å². The molecule has 0 unspecified atom stereocenters. The van der Waals surface area contributed by atoms with Crippen molar-refractivity contribution in [2.75, 3.05) is 6.61 Å². The lowest BCUT2D eigenvalue weighted by molar-refractivity contribution is -0.138. The van der Waals surface area contributed by atoms with E-state index in [9.17, 15) is 18.0 Å².